The van der Waals surface area contributed by atoms with E-state index in [0.717, 1.165) is 35.6 Å². The van der Waals surface area contributed by atoms with Gasteiger partial charge in [0.05, 0.1) is 0 Å². The summed E-state index contributed by atoms with van der Waals surface area (Å²) in [4.78, 5) is 35.7. The summed E-state index contributed by atoms with van der Waals surface area (Å²) in [6.07, 6.45) is 5.49. The maximum absolute atomic E-state index is 13.2. The molecule has 2 amide bonds. The van der Waals surface area contributed by atoms with Crippen molar-refractivity contribution >= 4 is 28.3 Å². The Morgan fingerprint density at radius 1 is 1.06 bits per heavy atom. The van der Waals surface area contributed by atoms with Gasteiger partial charge in [0, 0.05) is 37.4 Å². The summed E-state index contributed by atoms with van der Waals surface area (Å²) in [6, 6.07) is 13.3. The van der Waals surface area contributed by atoms with E-state index in [-0.39, 0.29) is 18.4 Å². The Morgan fingerprint density at radius 3 is 2.58 bits per heavy atom. The normalized spacial score (nSPS) is 10.5. The van der Waals surface area contributed by atoms with E-state index in [2.05, 4.69) is 27.5 Å². The predicted molar refractivity (Wildman–Crippen MR) is 123 cm³/mol. The van der Waals surface area contributed by atoms with Crippen LogP contribution in [0.3, 0.4) is 0 Å². The van der Waals surface area contributed by atoms with Crippen LogP contribution in [0.25, 0.3) is 0 Å². The second-order valence-corrected chi connectivity index (χ2v) is 7.96. The number of hydrogen-bond donors (Lipinski definition) is 2. The summed E-state index contributed by atoms with van der Waals surface area (Å²) in [5.41, 5.74) is 2.25. The third kappa shape index (κ3) is 7.18. The standard InChI is InChI=1S/C23H27N5O2S/c1-2-3-11-25-23-27-20(17-31-23)22(30)28(15-19-7-5-4-6-8-19)16-21(29)26-14-18-9-12-24-13-10-18/h4-10,12-13,17H,2-3,11,14-16H2,1H3,(H,25,27)(H,26,29). The number of nitrogens with zero attached hydrogens (tertiary/aromatic N) is 3. The lowest BCUT2D eigenvalue weighted by Gasteiger charge is -2.21. The molecule has 0 radical (unpaired) electrons. The van der Waals surface area contributed by atoms with E-state index >= 15 is 0 Å². The number of hydrogen-bond acceptors (Lipinski definition) is 6. The SMILES string of the molecule is CCCCNc1nc(C(=O)N(CC(=O)NCc2ccncc2)Cc2ccccc2)cs1. The van der Waals surface area contributed by atoms with Crippen molar-refractivity contribution in [3.05, 3.63) is 77.1 Å². The number of unbranched alkanes of at least 4 members (excludes halogenated alkanes) is 1. The molecule has 3 aromatic rings. The molecule has 0 fully saturated rings. The van der Waals surface area contributed by atoms with Crippen LogP contribution in [0.1, 0.15) is 41.4 Å². The molecule has 0 saturated carbocycles. The van der Waals surface area contributed by atoms with E-state index in [1.807, 2.05) is 42.5 Å². The third-order valence-corrected chi connectivity index (χ3v) is 5.41. The summed E-state index contributed by atoms with van der Waals surface area (Å²) >= 11 is 1.40. The largest absolute Gasteiger partial charge is 0.362 e. The Labute approximate surface area is 186 Å². The first-order valence-corrected chi connectivity index (χ1v) is 11.2. The molecule has 2 N–H and O–H groups in total. The molecule has 3 rings (SSSR count). The van der Waals surface area contributed by atoms with Crippen LogP contribution in [0.5, 0.6) is 0 Å². The number of carbonyl (C=O) groups excluding carboxylic acids is 2. The molecular formula is C23H27N5O2S. The van der Waals surface area contributed by atoms with Gasteiger partial charge < -0.3 is 15.5 Å². The number of nitrogens with one attached hydrogen (secondary N) is 2. The molecule has 31 heavy (non-hydrogen) atoms. The minimum atomic E-state index is -0.261. The zero-order valence-electron chi connectivity index (χ0n) is 17.6. The van der Waals surface area contributed by atoms with E-state index < -0.39 is 0 Å². The third-order valence-electron chi connectivity index (χ3n) is 4.61. The molecule has 7 nitrogen and oxygen atoms in total. The fraction of sp³-hybridized carbons (Fsp3) is 0.304. The predicted octanol–water partition coefficient (Wildman–Crippen LogP) is 3.71. The van der Waals surface area contributed by atoms with E-state index in [1.54, 1.807) is 17.8 Å². The lowest BCUT2D eigenvalue weighted by molar-refractivity contribution is -0.122. The van der Waals surface area contributed by atoms with Gasteiger partial charge in [0.15, 0.2) is 5.13 Å². The Balaban J connectivity index is 1.66. The van der Waals surface area contributed by atoms with Crippen LogP contribution in [-0.4, -0.2) is 39.8 Å². The van der Waals surface area contributed by atoms with Gasteiger partial charge in [0.25, 0.3) is 5.91 Å². The first-order chi connectivity index (χ1) is 15.2. The van der Waals surface area contributed by atoms with E-state index in [1.165, 1.54) is 16.2 Å². The number of amides is 2. The van der Waals surface area contributed by atoms with E-state index in [4.69, 9.17) is 0 Å². The first kappa shape index (κ1) is 22.4. The van der Waals surface area contributed by atoms with Gasteiger partial charge >= 0.3 is 0 Å². The van der Waals surface area contributed by atoms with Crippen LogP contribution in [0.2, 0.25) is 0 Å². The second-order valence-electron chi connectivity index (χ2n) is 7.10. The number of carbonyl (C=O) groups is 2. The summed E-state index contributed by atoms with van der Waals surface area (Å²) in [7, 11) is 0. The Hall–Kier alpha value is -3.26. The van der Waals surface area contributed by atoms with Gasteiger partial charge in [-0.3, -0.25) is 14.6 Å². The molecule has 0 atom stereocenters. The van der Waals surface area contributed by atoms with Crippen molar-refractivity contribution in [1.29, 1.82) is 0 Å². The first-order valence-electron chi connectivity index (χ1n) is 10.3. The zero-order chi connectivity index (χ0) is 21.9. The van der Waals surface area contributed by atoms with Crippen LogP contribution < -0.4 is 10.6 Å². The van der Waals surface area contributed by atoms with Gasteiger partial charge in [-0.05, 0) is 29.7 Å². The Bertz CT molecular complexity index is 962. The highest BCUT2D eigenvalue weighted by atomic mass is 32.1. The molecule has 0 aliphatic carbocycles. The minimum Gasteiger partial charge on any atom is -0.362 e. The number of rotatable bonds is 11. The average Bonchev–Trinajstić information content (AvgIpc) is 3.27. The molecular weight excluding hydrogens is 410 g/mol. The molecule has 0 unspecified atom stereocenters. The number of thiazole rings is 1. The van der Waals surface area contributed by atoms with Crippen LogP contribution in [0.4, 0.5) is 5.13 Å². The Kier molecular flexibility index (Phi) is 8.54. The molecule has 0 aliphatic heterocycles. The van der Waals surface area contributed by atoms with Gasteiger partial charge in [0.1, 0.15) is 12.2 Å². The number of pyridine rings is 1. The fourth-order valence-electron chi connectivity index (χ4n) is 2.92. The quantitative estimate of drug-likeness (QED) is 0.447. The summed E-state index contributed by atoms with van der Waals surface area (Å²) in [5, 5.41) is 8.57. The van der Waals surface area contributed by atoms with Crippen molar-refractivity contribution in [2.75, 3.05) is 18.4 Å². The van der Waals surface area contributed by atoms with Gasteiger partial charge in [-0.15, -0.1) is 11.3 Å². The van der Waals surface area contributed by atoms with Crippen LogP contribution in [-0.2, 0) is 17.9 Å². The van der Waals surface area contributed by atoms with Gasteiger partial charge in [-0.1, -0.05) is 43.7 Å². The highest BCUT2D eigenvalue weighted by Crippen LogP contribution is 2.18. The fourth-order valence-corrected chi connectivity index (χ4v) is 3.63. The molecule has 0 aliphatic rings. The van der Waals surface area contributed by atoms with E-state index in [0.29, 0.717) is 18.8 Å². The van der Waals surface area contributed by atoms with Crippen molar-refractivity contribution in [2.24, 2.45) is 0 Å². The zero-order valence-corrected chi connectivity index (χ0v) is 18.4. The van der Waals surface area contributed by atoms with E-state index in [9.17, 15) is 9.59 Å². The monoisotopic (exact) mass is 437 g/mol. The number of anilines is 1. The van der Waals surface area contributed by atoms with Crippen molar-refractivity contribution < 1.29 is 9.59 Å². The second kappa shape index (κ2) is 11.8. The molecule has 0 bridgehead atoms. The number of aromatic nitrogens is 2. The van der Waals surface area contributed by atoms with Crippen molar-refractivity contribution in [3.63, 3.8) is 0 Å². The molecule has 2 aromatic heterocycles. The number of benzene rings is 1. The maximum atomic E-state index is 13.2. The average molecular weight is 438 g/mol. The van der Waals surface area contributed by atoms with Crippen LogP contribution in [0.15, 0.2) is 60.2 Å². The van der Waals surface area contributed by atoms with Crippen molar-refractivity contribution in [2.45, 2.75) is 32.9 Å². The molecule has 162 valence electrons. The van der Waals surface area contributed by atoms with Gasteiger partial charge in [-0.25, -0.2) is 4.98 Å². The minimum absolute atomic E-state index is 0.0467. The van der Waals surface area contributed by atoms with Crippen LogP contribution >= 0.6 is 11.3 Å². The molecule has 0 saturated heterocycles. The topological polar surface area (TPSA) is 87.2 Å². The summed E-state index contributed by atoms with van der Waals surface area (Å²) in [6.45, 7) is 3.62. The molecule has 1 aromatic carbocycles. The smallest absolute Gasteiger partial charge is 0.274 e. The highest BCUT2D eigenvalue weighted by molar-refractivity contribution is 7.13. The lowest BCUT2D eigenvalue weighted by atomic mass is 10.2. The lowest BCUT2D eigenvalue weighted by Crippen LogP contribution is -2.40. The maximum Gasteiger partial charge on any atom is 0.274 e. The van der Waals surface area contributed by atoms with Gasteiger partial charge in [-0.2, -0.15) is 0 Å². The molecule has 8 heteroatoms. The summed E-state index contributed by atoms with van der Waals surface area (Å²) in [5.74, 6) is -0.486. The van der Waals surface area contributed by atoms with Gasteiger partial charge in [0.2, 0.25) is 5.91 Å². The molecule has 2 heterocycles. The van der Waals surface area contributed by atoms with Crippen molar-refractivity contribution in [3.8, 4) is 0 Å². The van der Waals surface area contributed by atoms with Crippen LogP contribution in [0, 0.1) is 0 Å². The Morgan fingerprint density at radius 2 is 1.84 bits per heavy atom. The summed E-state index contributed by atoms with van der Waals surface area (Å²) < 4.78 is 0. The molecule has 0 spiro atoms. The highest BCUT2D eigenvalue weighted by Gasteiger charge is 2.21. The van der Waals surface area contributed by atoms with Crippen molar-refractivity contribution in [1.82, 2.24) is 20.2 Å².